The predicted octanol–water partition coefficient (Wildman–Crippen LogP) is 5.85. The van der Waals surface area contributed by atoms with E-state index in [9.17, 15) is 29.2 Å². The van der Waals surface area contributed by atoms with Crippen LogP contribution in [0, 0.1) is 10.1 Å². The number of hydrogen-bond donors (Lipinski definition) is 2. The number of nitrogens with zero attached hydrogens (tertiary/aromatic N) is 3. The van der Waals surface area contributed by atoms with Crippen molar-refractivity contribution < 1.29 is 47.1 Å². The zero-order valence-corrected chi connectivity index (χ0v) is 25.8. The van der Waals surface area contributed by atoms with Crippen LogP contribution in [0.1, 0.15) is 90.9 Å². The Morgan fingerprint density at radius 1 is 0.953 bits per heavy atom. The molecule has 0 spiro atoms. The Hall–Kier alpha value is -3.13. The number of phosphoric acid groups is 1. The number of rotatable bonds is 24. The minimum atomic E-state index is -4.59. The standard InChI is InChI=1S/C27H43N4O11P/c1-3-5-7-9-11-13-24(32)38-19-21(41-25(33)14-12-10-8-6-4-2)20-40-43(36,37)39-18-17-28-22-15-16-23(31(34)35)27-26(22)29-42-30-27/h15-16,21,28H,3-14,17-20H2,1-2H3,(H,36,37)/t21-/m1/s1. The number of fused-ring (bicyclic) bond motifs is 1. The molecule has 0 bridgehead atoms. The van der Waals surface area contributed by atoms with Gasteiger partial charge in [0.25, 0.3) is 0 Å². The van der Waals surface area contributed by atoms with E-state index in [2.05, 4.69) is 34.1 Å². The van der Waals surface area contributed by atoms with E-state index in [0.717, 1.165) is 51.4 Å². The number of carbonyl (C=O) groups excluding carboxylic acids is 2. The van der Waals surface area contributed by atoms with Gasteiger partial charge in [-0.3, -0.25) is 28.8 Å². The Kier molecular flexibility index (Phi) is 16.7. The first-order valence-corrected chi connectivity index (χ1v) is 16.3. The first-order valence-electron chi connectivity index (χ1n) is 14.8. The van der Waals surface area contributed by atoms with Crippen LogP contribution in [-0.2, 0) is 32.7 Å². The normalized spacial score (nSPS) is 13.4. The lowest BCUT2D eigenvalue weighted by Gasteiger charge is -2.20. The molecule has 0 radical (unpaired) electrons. The number of esters is 2. The number of unbranched alkanes of at least 4 members (excludes halogenated alkanes) is 8. The highest BCUT2D eigenvalue weighted by Crippen LogP contribution is 2.43. The summed E-state index contributed by atoms with van der Waals surface area (Å²) in [5.41, 5.74) is 0.123. The molecule has 1 heterocycles. The monoisotopic (exact) mass is 630 g/mol. The maximum absolute atomic E-state index is 12.5. The number of nitro groups is 1. The summed E-state index contributed by atoms with van der Waals surface area (Å²) < 4.78 is 37.7. The Balaban J connectivity index is 1.84. The highest BCUT2D eigenvalue weighted by molar-refractivity contribution is 7.47. The van der Waals surface area contributed by atoms with Crippen molar-refractivity contribution in [2.24, 2.45) is 0 Å². The van der Waals surface area contributed by atoms with Gasteiger partial charge in [-0.15, -0.1) is 0 Å². The highest BCUT2D eigenvalue weighted by atomic mass is 31.2. The third kappa shape index (κ3) is 14.3. The molecule has 0 aliphatic heterocycles. The van der Waals surface area contributed by atoms with Crippen LogP contribution in [0.25, 0.3) is 11.0 Å². The van der Waals surface area contributed by atoms with Gasteiger partial charge in [0.2, 0.25) is 5.52 Å². The molecule has 2 atom stereocenters. The summed E-state index contributed by atoms with van der Waals surface area (Å²) in [7, 11) is -4.59. The minimum absolute atomic E-state index is 0.00000428. The molecule has 16 heteroatoms. The van der Waals surface area contributed by atoms with Crippen LogP contribution in [0.2, 0.25) is 0 Å². The van der Waals surface area contributed by atoms with Crippen molar-refractivity contribution in [1.29, 1.82) is 0 Å². The summed E-state index contributed by atoms with van der Waals surface area (Å²) in [6.45, 7) is 3.05. The molecule has 0 aliphatic carbocycles. The zero-order chi connectivity index (χ0) is 31.5. The van der Waals surface area contributed by atoms with Crippen molar-refractivity contribution in [2.45, 2.75) is 97.0 Å². The summed E-state index contributed by atoms with van der Waals surface area (Å²) in [5.74, 6) is -0.968. The van der Waals surface area contributed by atoms with Crippen LogP contribution in [0.5, 0.6) is 0 Å². The lowest BCUT2D eigenvalue weighted by molar-refractivity contribution is -0.383. The fourth-order valence-electron chi connectivity index (χ4n) is 4.07. The molecular weight excluding hydrogens is 587 g/mol. The van der Waals surface area contributed by atoms with Crippen molar-refractivity contribution in [1.82, 2.24) is 10.3 Å². The Morgan fingerprint density at radius 2 is 1.58 bits per heavy atom. The second-order valence-electron chi connectivity index (χ2n) is 10.00. The number of benzene rings is 1. The van der Waals surface area contributed by atoms with Gasteiger partial charge in [0.15, 0.2) is 11.6 Å². The third-order valence-corrected chi connectivity index (χ3v) is 7.37. The molecule has 0 saturated heterocycles. The van der Waals surface area contributed by atoms with Gasteiger partial charge in [-0.1, -0.05) is 65.2 Å². The fraction of sp³-hybridized carbons (Fsp3) is 0.704. The quantitative estimate of drug-likeness (QED) is 0.0459. The number of phosphoric ester groups is 1. The van der Waals surface area contributed by atoms with E-state index >= 15 is 0 Å². The van der Waals surface area contributed by atoms with Crippen LogP contribution in [0.15, 0.2) is 16.8 Å². The zero-order valence-electron chi connectivity index (χ0n) is 24.9. The second kappa shape index (κ2) is 19.9. The molecule has 1 aromatic carbocycles. The van der Waals surface area contributed by atoms with E-state index in [-0.39, 0.29) is 49.3 Å². The van der Waals surface area contributed by atoms with Gasteiger partial charge in [-0.05, 0) is 29.2 Å². The van der Waals surface area contributed by atoms with Crippen molar-refractivity contribution in [3.8, 4) is 0 Å². The topological polar surface area (TPSA) is 202 Å². The number of ether oxygens (including phenoxy) is 2. The maximum atomic E-state index is 12.5. The Labute approximate surface area is 250 Å². The molecule has 2 aromatic rings. The van der Waals surface area contributed by atoms with E-state index in [1.165, 1.54) is 12.1 Å². The molecule has 15 nitrogen and oxygen atoms in total. The lowest BCUT2D eigenvalue weighted by atomic mass is 10.1. The van der Waals surface area contributed by atoms with Gasteiger partial charge >= 0.3 is 25.4 Å². The first-order chi connectivity index (χ1) is 20.7. The van der Waals surface area contributed by atoms with E-state index in [1.807, 2.05) is 0 Å². The first kappa shape index (κ1) is 36.1. The van der Waals surface area contributed by atoms with Gasteiger partial charge in [-0.25, -0.2) is 9.19 Å². The SMILES string of the molecule is CCCCCCCC(=O)OC[C@H](COP(=O)(O)OCCNc1ccc([N+](=O)[O-])c2nonc12)OC(=O)CCCCCCC. The van der Waals surface area contributed by atoms with E-state index < -0.39 is 37.4 Å². The minimum Gasteiger partial charge on any atom is -0.462 e. The molecule has 0 amide bonds. The number of nitrogens with one attached hydrogen (secondary N) is 1. The molecule has 0 saturated carbocycles. The Morgan fingerprint density at radius 3 is 2.23 bits per heavy atom. The average Bonchev–Trinajstić information content (AvgIpc) is 3.47. The van der Waals surface area contributed by atoms with Crippen molar-refractivity contribution in [3.63, 3.8) is 0 Å². The number of anilines is 1. The highest BCUT2D eigenvalue weighted by Gasteiger charge is 2.26. The van der Waals surface area contributed by atoms with Crippen molar-refractivity contribution >= 4 is 42.2 Å². The van der Waals surface area contributed by atoms with Crippen LogP contribution in [0.4, 0.5) is 11.4 Å². The number of non-ortho nitro benzene ring substituents is 1. The smallest absolute Gasteiger partial charge is 0.462 e. The largest absolute Gasteiger partial charge is 0.472 e. The van der Waals surface area contributed by atoms with Crippen LogP contribution < -0.4 is 5.32 Å². The molecule has 0 aliphatic rings. The lowest BCUT2D eigenvalue weighted by Crippen LogP contribution is -2.29. The molecule has 242 valence electrons. The molecule has 1 aromatic heterocycles. The summed E-state index contributed by atoms with van der Waals surface area (Å²) >= 11 is 0. The van der Waals surface area contributed by atoms with Crippen LogP contribution in [0.3, 0.4) is 0 Å². The fourth-order valence-corrected chi connectivity index (χ4v) is 4.82. The van der Waals surface area contributed by atoms with E-state index in [1.54, 1.807) is 0 Å². The van der Waals surface area contributed by atoms with Gasteiger partial charge in [-0.2, -0.15) is 0 Å². The maximum Gasteiger partial charge on any atom is 0.472 e. The second-order valence-corrected chi connectivity index (χ2v) is 11.5. The molecule has 0 fully saturated rings. The summed E-state index contributed by atoms with van der Waals surface area (Å²) in [5, 5.41) is 21.2. The molecule has 2 rings (SSSR count). The number of carbonyl (C=O) groups is 2. The van der Waals surface area contributed by atoms with Crippen molar-refractivity contribution in [2.75, 3.05) is 31.7 Å². The van der Waals surface area contributed by atoms with Gasteiger partial charge in [0, 0.05) is 25.5 Å². The summed E-state index contributed by atoms with van der Waals surface area (Å²) in [6, 6.07) is 2.62. The van der Waals surface area contributed by atoms with E-state index in [0.29, 0.717) is 18.5 Å². The van der Waals surface area contributed by atoms with Gasteiger partial charge < -0.3 is 19.7 Å². The van der Waals surface area contributed by atoms with Crippen LogP contribution >= 0.6 is 7.82 Å². The van der Waals surface area contributed by atoms with Gasteiger partial charge in [0.05, 0.1) is 23.8 Å². The van der Waals surface area contributed by atoms with Crippen LogP contribution in [-0.4, -0.2) is 64.5 Å². The molecular formula is C27H43N4O11P. The predicted molar refractivity (Wildman–Crippen MR) is 156 cm³/mol. The number of aromatic nitrogens is 2. The molecule has 2 N–H and O–H groups in total. The summed E-state index contributed by atoms with van der Waals surface area (Å²) in [6.07, 6.45) is 8.81. The summed E-state index contributed by atoms with van der Waals surface area (Å²) in [4.78, 5) is 45.2. The molecule has 1 unspecified atom stereocenters. The number of hydrogen-bond acceptors (Lipinski definition) is 13. The van der Waals surface area contributed by atoms with E-state index in [4.69, 9.17) is 18.5 Å². The number of nitro benzene ring substituents is 1. The molecule has 43 heavy (non-hydrogen) atoms. The third-order valence-electron chi connectivity index (χ3n) is 6.38. The average molecular weight is 631 g/mol. The Bertz CT molecular complexity index is 1190. The van der Waals surface area contributed by atoms with Gasteiger partial charge in [0.1, 0.15) is 6.61 Å². The van der Waals surface area contributed by atoms with Crippen molar-refractivity contribution in [3.05, 3.63) is 22.2 Å².